The number of nitrogens with zero attached hydrogens (tertiary/aromatic N) is 1. The molecule has 6 nitrogen and oxygen atoms in total. The quantitative estimate of drug-likeness (QED) is 0.239. The number of carbonyl (C=O) groups is 2. The Labute approximate surface area is 195 Å². The van der Waals surface area contributed by atoms with Crippen LogP contribution in [0.1, 0.15) is 22.7 Å². The van der Waals surface area contributed by atoms with Gasteiger partial charge in [0.15, 0.2) is 11.5 Å². The van der Waals surface area contributed by atoms with Crippen molar-refractivity contribution in [3.05, 3.63) is 94.8 Å². The monoisotopic (exact) mass is 485 g/mol. The molecule has 1 saturated heterocycles. The minimum absolute atomic E-state index is 0.0327. The minimum atomic E-state index is -4.69. The van der Waals surface area contributed by atoms with Crippen LogP contribution < -0.4 is 14.4 Å². The van der Waals surface area contributed by atoms with Crippen molar-refractivity contribution in [2.45, 2.75) is 12.2 Å². The molecule has 178 valence electrons. The fraction of sp³-hybridized carbons (Fsp3) is 0.120. The standard InChI is InChI=1S/C25H15F4NO5/c26-16-7-4-13(5-8-16)21-20(22(31)14-6-9-18-19(10-14)35-12-34-18)23(32)24(33)30(21)17-3-1-2-15(11-17)25(27,28)29/h1-11,21,31H,12H2/b22-20-. The van der Waals surface area contributed by atoms with Crippen molar-refractivity contribution in [1.82, 2.24) is 0 Å². The average Bonchev–Trinajstić information content (AvgIpc) is 3.41. The van der Waals surface area contributed by atoms with Gasteiger partial charge < -0.3 is 14.6 Å². The summed E-state index contributed by atoms with van der Waals surface area (Å²) in [5.41, 5.74) is -1.25. The molecule has 10 heteroatoms. The lowest BCUT2D eigenvalue weighted by Crippen LogP contribution is -2.29. The summed E-state index contributed by atoms with van der Waals surface area (Å²) in [5.74, 6) is -2.68. The third-order valence-corrected chi connectivity index (χ3v) is 5.73. The minimum Gasteiger partial charge on any atom is -0.507 e. The highest BCUT2D eigenvalue weighted by atomic mass is 19.4. The lowest BCUT2D eigenvalue weighted by Gasteiger charge is -2.26. The van der Waals surface area contributed by atoms with E-state index in [2.05, 4.69) is 0 Å². The molecule has 2 aliphatic rings. The second-order valence-electron chi connectivity index (χ2n) is 7.84. The van der Waals surface area contributed by atoms with Gasteiger partial charge >= 0.3 is 6.18 Å². The van der Waals surface area contributed by atoms with E-state index in [1.165, 1.54) is 36.4 Å². The van der Waals surface area contributed by atoms with Gasteiger partial charge in [-0.25, -0.2) is 4.39 Å². The first-order valence-electron chi connectivity index (χ1n) is 10.3. The van der Waals surface area contributed by atoms with Gasteiger partial charge in [0.2, 0.25) is 6.79 Å². The summed E-state index contributed by atoms with van der Waals surface area (Å²) in [7, 11) is 0. The fourth-order valence-corrected chi connectivity index (χ4v) is 4.09. The molecular weight excluding hydrogens is 470 g/mol. The lowest BCUT2D eigenvalue weighted by molar-refractivity contribution is -0.137. The summed E-state index contributed by atoms with van der Waals surface area (Å²) in [6, 6.07) is 11.7. The largest absolute Gasteiger partial charge is 0.507 e. The van der Waals surface area contributed by atoms with Crippen LogP contribution in [0.4, 0.5) is 23.2 Å². The van der Waals surface area contributed by atoms with Crippen LogP contribution >= 0.6 is 0 Å². The molecular formula is C25H15F4NO5. The summed E-state index contributed by atoms with van der Waals surface area (Å²) >= 11 is 0. The molecule has 0 aromatic heterocycles. The van der Waals surface area contributed by atoms with Gasteiger partial charge in [-0.05, 0) is 54.1 Å². The predicted octanol–water partition coefficient (Wildman–Crippen LogP) is 5.20. The van der Waals surface area contributed by atoms with Crippen LogP contribution in [0.2, 0.25) is 0 Å². The summed E-state index contributed by atoms with van der Waals surface area (Å²) in [6.45, 7) is -0.0327. The molecule has 0 bridgehead atoms. The van der Waals surface area contributed by atoms with E-state index in [4.69, 9.17) is 9.47 Å². The molecule has 0 spiro atoms. The van der Waals surface area contributed by atoms with Crippen LogP contribution in [0.15, 0.2) is 72.3 Å². The van der Waals surface area contributed by atoms with E-state index in [9.17, 15) is 32.3 Å². The van der Waals surface area contributed by atoms with Gasteiger partial charge in [0.05, 0.1) is 17.2 Å². The Morgan fingerprint density at radius 2 is 1.66 bits per heavy atom. The first kappa shape index (κ1) is 22.5. The van der Waals surface area contributed by atoms with Crippen molar-refractivity contribution in [3.63, 3.8) is 0 Å². The van der Waals surface area contributed by atoms with Gasteiger partial charge in [0.1, 0.15) is 11.6 Å². The maximum Gasteiger partial charge on any atom is 0.416 e. The topological polar surface area (TPSA) is 76.1 Å². The molecule has 0 aliphatic carbocycles. The van der Waals surface area contributed by atoms with Gasteiger partial charge in [-0.15, -0.1) is 0 Å². The van der Waals surface area contributed by atoms with Crippen LogP contribution in [-0.4, -0.2) is 23.6 Å². The normalized spacial score (nSPS) is 18.9. The highest BCUT2D eigenvalue weighted by Gasteiger charge is 2.47. The van der Waals surface area contributed by atoms with E-state index in [0.29, 0.717) is 11.5 Å². The number of amides is 1. The number of fused-ring (bicyclic) bond motifs is 1. The van der Waals surface area contributed by atoms with Crippen molar-refractivity contribution < 1.29 is 41.7 Å². The number of aliphatic hydroxyl groups excluding tert-OH is 1. The van der Waals surface area contributed by atoms with Crippen molar-refractivity contribution in [2.24, 2.45) is 0 Å². The first-order chi connectivity index (χ1) is 16.6. The smallest absolute Gasteiger partial charge is 0.416 e. The maximum atomic E-state index is 13.6. The number of ether oxygens (including phenoxy) is 2. The zero-order chi connectivity index (χ0) is 24.9. The van der Waals surface area contributed by atoms with Gasteiger partial charge in [0, 0.05) is 11.3 Å². The lowest BCUT2D eigenvalue weighted by atomic mass is 9.95. The second-order valence-corrected chi connectivity index (χ2v) is 7.84. The Bertz CT molecular complexity index is 1380. The first-order valence-corrected chi connectivity index (χ1v) is 10.3. The number of anilines is 1. The number of aliphatic hydroxyl groups is 1. The van der Waals surface area contributed by atoms with E-state index in [1.54, 1.807) is 0 Å². The molecule has 35 heavy (non-hydrogen) atoms. The van der Waals surface area contributed by atoms with Crippen LogP contribution in [0.25, 0.3) is 5.76 Å². The molecule has 1 fully saturated rings. The Kier molecular flexibility index (Phi) is 5.23. The number of alkyl halides is 3. The molecule has 5 rings (SSSR count). The van der Waals surface area contributed by atoms with Gasteiger partial charge in [-0.1, -0.05) is 18.2 Å². The molecule has 1 amide bonds. The summed E-state index contributed by atoms with van der Waals surface area (Å²) in [6.07, 6.45) is -4.69. The van der Waals surface area contributed by atoms with Crippen LogP contribution in [0.3, 0.4) is 0 Å². The van der Waals surface area contributed by atoms with E-state index in [1.807, 2.05) is 0 Å². The average molecular weight is 485 g/mol. The van der Waals surface area contributed by atoms with Gasteiger partial charge in [-0.3, -0.25) is 14.5 Å². The number of ketones is 1. The SMILES string of the molecule is O=C1C(=O)N(c2cccc(C(F)(F)F)c2)C(c2ccc(F)cc2)/C1=C(/O)c1ccc2c(c1)OCO2. The Balaban J connectivity index is 1.70. The van der Waals surface area contributed by atoms with Crippen LogP contribution in [0.5, 0.6) is 11.5 Å². The molecule has 2 heterocycles. The van der Waals surface area contributed by atoms with Crippen molar-refractivity contribution in [2.75, 3.05) is 11.7 Å². The van der Waals surface area contributed by atoms with E-state index >= 15 is 0 Å². The van der Waals surface area contributed by atoms with Gasteiger partial charge in [0.25, 0.3) is 11.7 Å². The molecule has 0 saturated carbocycles. The number of benzene rings is 3. The predicted molar refractivity (Wildman–Crippen MR) is 115 cm³/mol. The molecule has 3 aromatic rings. The summed E-state index contributed by atoms with van der Waals surface area (Å²) in [4.78, 5) is 27.1. The zero-order valence-corrected chi connectivity index (χ0v) is 17.7. The Morgan fingerprint density at radius 3 is 2.37 bits per heavy atom. The molecule has 1 unspecified atom stereocenters. The maximum absolute atomic E-state index is 13.6. The number of halogens is 4. The highest BCUT2D eigenvalue weighted by Crippen LogP contribution is 2.44. The van der Waals surface area contributed by atoms with Crippen molar-refractivity contribution in [1.29, 1.82) is 0 Å². The molecule has 2 aliphatic heterocycles. The highest BCUT2D eigenvalue weighted by molar-refractivity contribution is 6.51. The zero-order valence-electron chi connectivity index (χ0n) is 17.7. The molecule has 1 N–H and O–H groups in total. The third kappa shape index (κ3) is 3.86. The third-order valence-electron chi connectivity index (χ3n) is 5.73. The molecule has 0 radical (unpaired) electrons. The van der Waals surface area contributed by atoms with E-state index in [0.717, 1.165) is 35.2 Å². The Morgan fingerprint density at radius 1 is 0.943 bits per heavy atom. The second kappa shape index (κ2) is 8.15. The summed E-state index contributed by atoms with van der Waals surface area (Å²) < 4.78 is 64.2. The number of rotatable bonds is 3. The number of hydrogen-bond donors (Lipinski definition) is 1. The fourth-order valence-electron chi connectivity index (χ4n) is 4.09. The van der Waals surface area contributed by atoms with E-state index < -0.39 is 41.0 Å². The molecule has 3 aromatic carbocycles. The van der Waals surface area contributed by atoms with Gasteiger partial charge in [-0.2, -0.15) is 13.2 Å². The summed E-state index contributed by atoms with van der Waals surface area (Å²) in [5, 5.41) is 11.1. The van der Waals surface area contributed by atoms with Crippen LogP contribution in [0, 0.1) is 5.82 Å². The number of Topliss-reactive ketones (excluding diaryl/α,β-unsaturated/α-hetero) is 1. The van der Waals surface area contributed by atoms with E-state index in [-0.39, 0.29) is 29.2 Å². The number of carbonyl (C=O) groups excluding carboxylic acids is 2. The molecule has 1 atom stereocenters. The van der Waals surface area contributed by atoms with Crippen LogP contribution in [-0.2, 0) is 15.8 Å². The van der Waals surface area contributed by atoms with Crippen molar-refractivity contribution >= 4 is 23.1 Å². The number of hydrogen-bond acceptors (Lipinski definition) is 5. The Hall–Kier alpha value is -4.34. The van der Waals surface area contributed by atoms with Crippen molar-refractivity contribution in [3.8, 4) is 11.5 Å².